The lowest BCUT2D eigenvalue weighted by Gasteiger charge is -2.20. The minimum atomic E-state index is -0.337. The average Bonchev–Trinajstić information content (AvgIpc) is 2.78. The van der Waals surface area contributed by atoms with Gasteiger partial charge in [-0.25, -0.2) is 4.68 Å². The number of nitrogens with one attached hydrogen (secondary N) is 1. The van der Waals surface area contributed by atoms with Crippen LogP contribution < -0.4 is 10.9 Å². The summed E-state index contributed by atoms with van der Waals surface area (Å²) in [5.74, 6) is 0.411. The first-order valence-electron chi connectivity index (χ1n) is 7.93. The lowest BCUT2D eigenvalue weighted by atomic mass is 9.89. The molecule has 0 spiro atoms. The molecule has 0 saturated heterocycles. The first-order chi connectivity index (χ1) is 10.7. The molecule has 1 amide bonds. The normalized spacial score (nSPS) is 18.0. The predicted molar refractivity (Wildman–Crippen MR) is 90.8 cm³/mol. The van der Waals surface area contributed by atoms with E-state index in [0.29, 0.717) is 16.1 Å². The van der Waals surface area contributed by atoms with Crippen LogP contribution in [0, 0.1) is 5.92 Å². The Kier molecular flexibility index (Phi) is 4.00. The largest absolute Gasteiger partial charge is 0.350 e. The molecule has 0 aliphatic heterocycles. The molecule has 0 bridgehead atoms. The van der Waals surface area contributed by atoms with E-state index < -0.39 is 0 Å². The maximum Gasteiger partial charge on any atom is 0.279 e. The zero-order valence-corrected chi connectivity index (χ0v) is 14.8. The lowest BCUT2D eigenvalue weighted by molar-refractivity contribution is -0.123. The SMILES string of the molecule is CC1CCc2c(sc3nnn(CC(=O)NC(C)(C)C)c(=O)c23)C1. The Labute approximate surface area is 138 Å². The van der Waals surface area contributed by atoms with Gasteiger partial charge in [-0.15, -0.1) is 16.4 Å². The molecule has 1 atom stereocenters. The van der Waals surface area contributed by atoms with Crippen molar-refractivity contribution in [3.63, 3.8) is 0 Å². The molecule has 2 aromatic rings. The Morgan fingerprint density at radius 3 is 2.87 bits per heavy atom. The molecule has 6 nitrogen and oxygen atoms in total. The van der Waals surface area contributed by atoms with Gasteiger partial charge in [-0.05, 0) is 51.5 Å². The Balaban J connectivity index is 1.96. The van der Waals surface area contributed by atoms with Gasteiger partial charge < -0.3 is 5.32 Å². The molecule has 1 N–H and O–H groups in total. The quantitative estimate of drug-likeness (QED) is 0.910. The number of nitrogens with zero attached hydrogens (tertiary/aromatic N) is 3. The zero-order chi connectivity index (χ0) is 16.8. The Morgan fingerprint density at radius 1 is 1.43 bits per heavy atom. The maximum absolute atomic E-state index is 12.7. The molecule has 0 radical (unpaired) electrons. The number of carbonyl (C=O) groups is 1. The number of carbonyl (C=O) groups excluding carboxylic acids is 1. The molecular formula is C16H22N4O2S. The van der Waals surface area contributed by atoms with Crippen LogP contribution in [0.4, 0.5) is 0 Å². The van der Waals surface area contributed by atoms with Crippen molar-refractivity contribution in [3.05, 3.63) is 20.8 Å². The molecule has 1 unspecified atom stereocenters. The van der Waals surface area contributed by atoms with Crippen LogP contribution in [-0.4, -0.2) is 26.4 Å². The van der Waals surface area contributed by atoms with Crippen LogP contribution in [0.3, 0.4) is 0 Å². The van der Waals surface area contributed by atoms with Gasteiger partial charge in [-0.1, -0.05) is 12.1 Å². The monoisotopic (exact) mass is 334 g/mol. The summed E-state index contributed by atoms with van der Waals surface area (Å²) in [4.78, 5) is 26.7. The minimum absolute atomic E-state index is 0.0972. The second-order valence-corrected chi connectivity index (χ2v) is 8.47. The third kappa shape index (κ3) is 3.29. The molecule has 1 aliphatic rings. The summed E-state index contributed by atoms with van der Waals surface area (Å²) in [5, 5.41) is 11.6. The zero-order valence-electron chi connectivity index (χ0n) is 14.0. The van der Waals surface area contributed by atoms with E-state index in [1.165, 1.54) is 9.56 Å². The number of hydrogen-bond donors (Lipinski definition) is 1. The number of thiophene rings is 1. The van der Waals surface area contributed by atoms with Gasteiger partial charge in [0.15, 0.2) is 4.83 Å². The minimum Gasteiger partial charge on any atom is -0.350 e. The van der Waals surface area contributed by atoms with Gasteiger partial charge in [0.1, 0.15) is 6.54 Å². The number of aromatic nitrogens is 3. The van der Waals surface area contributed by atoms with E-state index in [2.05, 4.69) is 22.6 Å². The molecule has 1 aliphatic carbocycles. The van der Waals surface area contributed by atoms with Gasteiger partial charge in [0.2, 0.25) is 5.91 Å². The van der Waals surface area contributed by atoms with Gasteiger partial charge in [-0.3, -0.25) is 9.59 Å². The number of aryl methyl sites for hydroxylation is 1. The highest BCUT2D eigenvalue weighted by Gasteiger charge is 2.24. The number of hydrogen-bond acceptors (Lipinski definition) is 5. The summed E-state index contributed by atoms with van der Waals surface area (Å²) in [6.07, 6.45) is 3.00. The molecule has 124 valence electrons. The highest BCUT2D eigenvalue weighted by Crippen LogP contribution is 2.35. The van der Waals surface area contributed by atoms with Gasteiger partial charge in [0.05, 0.1) is 5.39 Å². The molecule has 7 heteroatoms. The van der Waals surface area contributed by atoms with Crippen molar-refractivity contribution >= 4 is 27.5 Å². The third-order valence-corrected chi connectivity index (χ3v) is 5.13. The summed E-state index contributed by atoms with van der Waals surface area (Å²) in [7, 11) is 0. The standard InChI is InChI=1S/C16H22N4O2S/c1-9-5-6-10-11(7-9)23-14-13(10)15(22)20(19-18-14)8-12(21)17-16(2,3)4/h9H,5-8H2,1-4H3,(H,17,21). The molecule has 0 aromatic carbocycles. The van der Waals surface area contributed by atoms with E-state index in [1.807, 2.05) is 20.8 Å². The Hall–Kier alpha value is -1.76. The van der Waals surface area contributed by atoms with Crippen molar-refractivity contribution in [2.24, 2.45) is 5.92 Å². The topological polar surface area (TPSA) is 76.9 Å². The summed E-state index contributed by atoms with van der Waals surface area (Å²) in [5.41, 5.74) is 0.578. The van der Waals surface area contributed by atoms with Crippen molar-refractivity contribution in [2.45, 2.75) is 59.0 Å². The molecule has 0 saturated carbocycles. The van der Waals surface area contributed by atoms with Gasteiger partial charge in [0.25, 0.3) is 5.56 Å². The highest BCUT2D eigenvalue weighted by molar-refractivity contribution is 7.18. The fraction of sp³-hybridized carbons (Fsp3) is 0.625. The van der Waals surface area contributed by atoms with E-state index in [1.54, 1.807) is 11.3 Å². The average molecular weight is 334 g/mol. The van der Waals surface area contributed by atoms with Gasteiger partial charge in [-0.2, -0.15) is 0 Å². The Morgan fingerprint density at radius 2 is 2.17 bits per heavy atom. The van der Waals surface area contributed by atoms with Crippen LogP contribution in [-0.2, 0) is 24.2 Å². The van der Waals surface area contributed by atoms with Crippen LogP contribution in [0.15, 0.2) is 4.79 Å². The fourth-order valence-corrected chi connectivity index (χ4v) is 4.31. The summed E-state index contributed by atoms with van der Waals surface area (Å²) >= 11 is 1.57. The van der Waals surface area contributed by atoms with Crippen molar-refractivity contribution in [3.8, 4) is 0 Å². The van der Waals surface area contributed by atoms with E-state index in [4.69, 9.17) is 0 Å². The van der Waals surface area contributed by atoms with Crippen LogP contribution in [0.25, 0.3) is 10.2 Å². The number of amides is 1. The maximum atomic E-state index is 12.7. The van der Waals surface area contributed by atoms with Crippen molar-refractivity contribution < 1.29 is 4.79 Å². The molecule has 2 aromatic heterocycles. The highest BCUT2D eigenvalue weighted by atomic mass is 32.1. The molecule has 0 fully saturated rings. The first-order valence-corrected chi connectivity index (χ1v) is 8.75. The predicted octanol–water partition coefficient (Wildman–Crippen LogP) is 1.89. The summed E-state index contributed by atoms with van der Waals surface area (Å²) < 4.78 is 1.18. The van der Waals surface area contributed by atoms with Crippen molar-refractivity contribution in [1.82, 2.24) is 20.3 Å². The summed E-state index contributed by atoms with van der Waals surface area (Å²) in [6, 6.07) is 0. The van der Waals surface area contributed by atoms with E-state index in [0.717, 1.165) is 24.8 Å². The lowest BCUT2D eigenvalue weighted by Crippen LogP contribution is -2.44. The van der Waals surface area contributed by atoms with Crippen LogP contribution in [0.1, 0.15) is 44.6 Å². The molecule has 2 heterocycles. The van der Waals surface area contributed by atoms with Gasteiger partial charge in [0, 0.05) is 10.4 Å². The summed E-state index contributed by atoms with van der Waals surface area (Å²) in [6.45, 7) is 7.84. The first kappa shape index (κ1) is 16.1. The van der Waals surface area contributed by atoms with Crippen LogP contribution in [0.2, 0.25) is 0 Å². The van der Waals surface area contributed by atoms with Gasteiger partial charge >= 0.3 is 0 Å². The molecule has 3 rings (SSSR count). The molecular weight excluding hydrogens is 312 g/mol. The van der Waals surface area contributed by atoms with Crippen molar-refractivity contribution in [1.29, 1.82) is 0 Å². The second kappa shape index (κ2) is 5.70. The van der Waals surface area contributed by atoms with Crippen LogP contribution in [0.5, 0.6) is 0 Å². The smallest absolute Gasteiger partial charge is 0.279 e. The van der Waals surface area contributed by atoms with E-state index >= 15 is 0 Å². The third-order valence-electron chi connectivity index (χ3n) is 3.99. The van der Waals surface area contributed by atoms with E-state index in [-0.39, 0.29) is 23.6 Å². The van der Waals surface area contributed by atoms with Crippen LogP contribution >= 0.6 is 11.3 Å². The molecule has 23 heavy (non-hydrogen) atoms. The van der Waals surface area contributed by atoms with E-state index in [9.17, 15) is 9.59 Å². The fourth-order valence-electron chi connectivity index (χ4n) is 2.99. The Bertz CT molecular complexity index is 816. The number of rotatable bonds is 2. The van der Waals surface area contributed by atoms with Crippen molar-refractivity contribution in [2.75, 3.05) is 0 Å². The second-order valence-electron chi connectivity index (χ2n) is 7.38. The number of fused-ring (bicyclic) bond motifs is 3.